The molecular formula is C38H52N4O6S2. The third-order valence-corrected chi connectivity index (χ3v) is 11.9. The molecule has 1 aliphatic heterocycles. The lowest BCUT2D eigenvalue weighted by molar-refractivity contribution is -0.133. The molecule has 3 aromatic rings. The number of carbonyl (C=O) groups is 2. The van der Waals surface area contributed by atoms with Gasteiger partial charge in [0.05, 0.1) is 24.4 Å². The van der Waals surface area contributed by atoms with Crippen molar-refractivity contribution in [3.63, 3.8) is 0 Å². The van der Waals surface area contributed by atoms with E-state index in [0.29, 0.717) is 23.3 Å². The first-order chi connectivity index (χ1) is 23.6. The third-order valence-electron chi connectivity index (χ3n) is 9.79. The fraction of sp³-hybridized carbons (Fsp3) is 0.526. The van der Waals surface area contributed by atoms with E-state index in [4.69, 9.17) is 0 Å². The van der Waals surface area contributed by atoms with Gasteiger partial charge in [-0.3, -0.25) is 14.5 Å². The molecule has 2 aliphatic rings. The van der Waals surface area contributed by atoms with Gasteiger partial charge in [0.15, 0.2) is 4.90 Å². The minimum atomic E-state index is -3.87. The Balaban J connectivity index is 1.37. The molecule has 1 unspecified atom stereocenters. The Kier molecular flexibility index (Phi) is 12.7. The minimum absolute atomic E-state index is 0.0639. The van der Waals surface area contributed by atoms with Crippen LogP contribution in [0.1, 0.15) is 58.4 Å². The number of aliphatic hydroxyl groups is 1. The van der Waals surface area contributed by atoms with Crippen LogP contribution in [0, 0.1) is 11.8 Å². The molecule has 1 saturated carbocycles. The number of likely N-dealkylation sites (tertiary alicyclic amines) is 1. The highest BCUT2D eigenvalue weighted by molar-refractivity contribution is 7.91. The largest absolute Gasteiger partial charge is 0.611 e. The van der Waals surface area contributed by atoms with Gasteiger partial charge in [-0.05, 0) is 91.5 Å². The molecule has 0 aromatic heterocycles. The third kappa shape index (κ3) is 10.8. The molecule has 0 radical (unpaired) electrons. The minimum Gasteiger partial charge on any atom is -0.611 e. The van der Waals surface area contributed by atoms with Crippen LogP contribution in [0.25, 0.3) is 10.8 Å². The Morgan fingerprint density at radius 1 is 0.980 bits per heavy atom. The van der Waals surface area contributed by atoms with Crippen molar-refractivity contribution < 1.29 is 27.7 Å². The van der Waals surface area contributed by atoms with Crippen LogP contribution in [0.4, 0.5) is 0 Å². The second-order valence-electron chi connectivity index (χ2n) is 15.1. The SMILES string of the molecule is CC(C)(C)NC(=O)[C@@H]1C[C@@H]2CCCC[C@@H]2CN1C[C@@H](O)[C@H](Cc1ccccc1)NC(=O)[C@@H](C[S+]([O-])c1ccc2ccccc2c1)NS(C)(=O)=O. The number of aliphatic hydroxyl groups excluding tert-OH is 1. The highest BCUT2D eigenvalue weighted by atomic mass is 32.2. The fourth-order valence-corrected chi connectivity index (χ4v) is 9.43. The van der Waals surface area contributed by atoms with Crippen LogP contribution in [0.15, 0.2) is 77.7 Å². The van der Waals surface area contributed by atoms with Crippen LogP contribution in [-0.2, 0) is 37.2 Å². The lowest BCUT2D eigenvalue weighted by Gasteiger charge is -2.47. The zero-order valence-corrected chi connectivity index (χ0v) is 31.1. The molecule has 12 heteroatoms. The molecule has 1 saturated heterocycles. The van der Waals surface area contributed by atoms with E-state index < -0.39 is 56.9 Å². The van der Waals surface area contributed by atoms with Crippen molar-refractivity contribution in [2.75, 3.05) is 25.1 Å². The van der Waals surface area contributed by atoms with Gasteiger partial charge in [-0.1, -0.05) is 73.9 Å². The number of amides is 2. The van der Waals surface area contributed by atoms with Gasteiger partial charge in [0, 0.05) is 24.7 Å². The number of nitrogens with zero attached hydrogens (tertiary/aromatic N) is 1. The van der Waals surface area contributed by atoms with E-state index in [0.717, 1.165) is 54.7 Å². The average molecular weight is 725 g/mol. The molecular weight excluding hydrogens is 673 g/mol. The molecule has 50 heavy (non-hydrogen) atoms. The van der Waals surface area contributed by atoms with Gasteiger partial charge in [0.25, 0.3) is 0 Å². The number of rotatable bonds is 13. The van der Waals surface area contributed by atoms with Crippen LogP contribution >= 0.6 is 0 Å². The molecule has 10 nitrogen and oxygen atoms in total. The summed E-state index contributed by atoms with van der Waals surface area (Å²) in [7, 11) is -3.87. The standard InChI is InChI=1S/C38H52N4O6S2/c1-38(2,3)40-37(45)34-22-29-16-10-11-17-30(29)23-42(34)24-35(43)32(20-26-12-6-5-7-13-26)39-36(44)33(41-50(4,47)48)25-49(46)31-19-18-27-14-8-9-15-28(27)21-31/h5-9,12-15,18-19,21,29-30,32-35,41,43H,10-11,16-17,20,22-25H2,1-4H3,(H,39,44)(H,40,45)/t29-,30+,32-,33+,34-,35+,49?/m0/s1. The smallest absolute Gasteiger partial charge is 0.243 e. The number of hydrogen-bond donors (Lipinski definition) is 4. The lowest BCUT2D eigenvalue weighted by Crippen LogP contribution is -2.61. The molecule has 0 bridgehead atoms. The van der Waals surface area contributed by atoms with E-state index in [1.54, 1.807) is 12.1 Å². The van der Waals surface area contributed by atoms with Gasteiger partial charge in [0.1, 0.15) is 11.8 Å². The topological polar surface area (TPSA) is 151 Å². The quantitative estimate of drug-likeness (QED) is 0.196. The van der Waals surface area contributed by atoms with Crippen molar-refractivity contribution in [1.29, 1.82) is 0 Å². The van der Waals surface area contributed by atoms with Gasteiger partial charge in [0.2, 0.25) is 21.8 Å². The molecule has 5 rings (SSSR count). The molecule has 2 fully saturated rings. The zero-order chi connectivity index (χ0) is 36.1. The van der Waals surface area contributed by atoms with Crippen LogP contribution in [0.2, 0.25) is 0 Å². The van der Waals surface area contributed by atoms with Crippen molar-refractivity contribution in [1.82, 2.24) is 20.3 Å². The van der Waals surface area contributed by atoms with E-state index >= 15 is 0 Å². The first-order valence-electron chi connectivity index (χ1n) is 17.6. The Labute approximate surface area is 300 Å². The molecule has 4 N–H and O–H groups in total. The fourth-order valence-electron chi connectivity index (χ4n) is 7.41. The Morgan fingerprint density at radius 2 is 1.64 bits per heavy atom. The van der Waals surface area contributed by atoms with Gasteiger partial charge in [-0.15, -0.1) is 0 Å². The van der Waals surface area contributed by atoms with E-state index in [-0.39, 0.29) is 24.6 Å². The predicted molar refractivity (Wildman–Crippen MR) is 198 cm³/mol. The first kappa shape index (κ1) is 38.2. The number of piperidine rings is 1. The number of fused-ring (bicyclic) bond motifs is 2. The van der Waals surface area contributed by atoms with Crippen molar-refractivity contribution in [2.24, 2.45) is 11.8 Å². The maximum Gasteiger partial charge on any atom is 0.243 e. The van der Waals surface area contributed by atoms with E-state index in [1.165, 1.54) is 0 Å². The molecule has 1 heterocycles. The second-order valence-corrected chi connectivity index (χ2v) is 18.4. The number of nitrogens with one attached hydrogen (secondary N) is 3. The summed E-state index contributed by atoms with van der Waals surface area (Å²) in [5.41, 5.74) is 0.459. The normalized spacial score (nSPS) is 22.6. The summed E-state index contributed by atoms with van der Waals surface area (Å²) in [6.45, 7) is 6.69. The van der Waals surface area contributed by atoms with Crippen LogP contribution in [-0.4, -0.2) is 89.7 Å². The molecule has 0 spiro atoms. The highest BCUT2D eigenvalue weighted by Gasteiger charge is 2.42. The summed E-state index contributed by atoms with van der Waals surface area (Å²) in [6.07, 6.45) is 5.36. The number of benzene rings is 3. The van der Waals surface area contributed by atoms with Crippen molar-refractivity contribution in [3.05, 3.63) is 78.4 Å². The second kappa shape index (κ2) is 16.6. The van der Waals surface area contributed by atoms with Crippen molar-refractivity contribution >= 4 is 43.8 Å². The Bertz CT molecular complexity index is 1720. The maximum absolute atomic E-state index is 14.0. The first-order valence-corrected chi connectivity index (χ1v) is 20.8. The van der Waals surface area contributed by atoms with Crippen LogP contribution in [0.5, 0.6) is 0 Å². The number of carbonyl (C=O) groups excluding carboxylic acids is 2. The molecule has 272 valence electrons. The summed E-state index contributed by atoms with van der Waals surface area (Å²) in [6, 6.07) is 19.8. The average Bonchev–Trinajstić information content (AvgIpc) is 3.06. The van der Waals surface area contributed by atoms with Gasteiger partial charge < -0.3 is 20.3 Å². The maximum atomic E-state index is 14.0. The molecule has 7 atom stereocenters. The molecule has 1 aliphatic carbocycles. The molecule has 3 aromatic carbocycles. The monoisotopic (exact) mass is 724 g/mol. The predicted octanol–water partition coefficient (Wildman–Crippen LogP) is 3.75. The summed E-state index contributed by atoms with van der Waals surface area (Å²) >= 11 is -1.72. The zero-order valence-electron chi connectivity index (χ0n) is 29.5. The van der Waals surface area contributed by atoms with Gasteiger partial charge >= 0.3 is 0 Å². The number of hydrogen-bond acceptors (Lipinski definition) is 7. The van der Waals surface area contributed by atoms with Crippen LogP contribution < -0.4 is 15.4 Å². The lowest BCUT2D eigenvalue weighted by atomic mass is 9.72. The summed E-state index contributed by atoms with van der Waals surface area (Å²) in [5, 5.41) is 19.8. The van der Waals surface area contributed by atoms with E-state index in [9.17, 15) is 27.7 Å². The summed E-state index contributed by atoms with van der Waals surface area (Å²) in [5.74, 6) is -0.150. The highest BCUT2D eigenvalue weighted by Crippen LogP contribution is 2.39. The van der Waals surface area contributed by atoms with Gasteiger partial charge in [-0.25, -0.2) is 8.42 Å². The van der Waals surface area contributed by atoms with Crippen LogP contribution in [0.3, 0.4) is 0 Å². The van der Waals surface area contributed by atoms with Crippen molar-refractivity contribution in [2.45, 2.75) is 94.0 Å². The Hall–Kier alpha value is -3.00. The molecule has 2 amide bonds. The van der Waals surface area contributed by atoms with E-state index in [1.807, 2.05) is 81.4 Å². The number of β-amino-alcohol motifs (C(OH)–C–C–N with tert-alkyl or cyclic N) is 1. The van der Waals surface area contributed by atoms with Gasteiger partial charge in [-0.2, -0.15) is 4.72 Å². The summed E-state index contributed by atoms with van der Waals surface area (Å²) in [4.78, 5) is 30.1. The Morgan fingerprint density at radius 3 is 2.32 bits per heavy atom. The van der Waals surface area contributed by atoms with E-state index in [2.05, 4.69) is 20.3 Å². The number of sulfonamides is 1. The summed E-state index contributed by atoms with van der Waals surface area (Å²) < 4.78 is 40.8. The van der Waals surface area contributed by atoms with Crippen molar-refractivity contribution in [3.8, 4) is 0 Å².